The standard InChI is InChI=1S/C31H24FN5O4S/c32-22-5-7-25-24(17-22)31(18-36(25)30(39)27-16-21-15-23(37(40)41)6-8-26(21)42-27)9-13-35(14-10-31)29(38)20-3-1-19(2-4-20)28-33-11-12-34-28/h1-8,11-12,15-17H,9-10,13-14,18H2,(H,33,34). The van der Waals surface area contributed by atoms with Crippen LogP contribution in [-0.2, 0) is 5.41 Å². The van der Waals surface area contributed by atoms with Gasteiger partial charge in [-0.2, -0.15) is 0 Å². The number of amides is 2. The van der Waals surface area contributed by atoms with Crippen LogP contribution < -0.4 is 4.90 Å². The average Bonchev–Trinajstić information content (AvgIpc) is 3.75. The fraction of sp³-hybridized carbons (Fsp3) is 0.194. The van der Waals surface area contributed by atoms with Gasteiger partial charge >= 0.3 is 0 Å². The van der Waals surface area contributed by atoms with Crippen molar-refractivity contribution in [2.24, 2.45) is 0 Å². The topological polar surface area (TPSA) is 112 Å². The number of halogens is 1. The molecule has 1 N–H and O–H groups in total. The predicted octanol–water partition coefficient (Wildman–Crippen LogP) is 6.17. The van der Waals surface area contributed by atoms with E-state index < -0.39 is 10.3 Å². The number of non-ortho nitro benzene ring substituents is 1. The highest BCUT2D eigenvalue weighted by Gasteiger charge is 2.47. The van der Waals surface area contributed by atoms with Gasteiger partial charge < -0.3 is 14.8 Å². The zero-order valence-electron chi connectivity index (χ0n) is 22.2. The van der Waals surface area contributed by atoms with E-state index in [0.717, 1.165) is 21.7 Å². The van der Waals surface area contributed by atoms with Crippen molar-refractivity contribution in [1.29, 1.82) is 0 Å². The first-order valence-electron chi connectivity index (χ1n) is 13.5. The number of benzene rings is 3. The Hall–Kier alpha value is -4.90. The third kappa shape index (κ3) is 4.33. The van der Waals surface area contributed by atoms with E-state index in [-0.39, 0.29) is 23.3 Å². The number of fused-ring (bicyclic) bond motifs is 3. The summed E-state index contributed by atoms with van der Waals surface area (Å²) in [4.78, 5) is 49.2. The number of hydrogen-bond acceptors (Lipinski definition) is 6. The minimum atomic E-state index is -0.484. The van der Waals surface area contributed by atoms with E-state index in [1.165, 1.54) is 35.6 Å². The third-order valence-corrected chi connectivity index (χ3v) is 9.46. The Morgan fingerprint density at radius 1 is 1.00 bits per heavy atom. The second kappa shape index (κ2) is 9.88. The number of anilines is 1. The summed E-state index contributed by atoms with van der Waals surface area (Å²) in [6, 6.07) is 18.1. The first-order valence-corrected chi connectivity index (χ1v) is 14.3. The van der Waals surface area contributed by atoms with Gasteiger partial charge in [-0.25, -0.2) is 9.37 Å². The number of aromatic amines is 1. The van der Waals surface area contributed by atoms with E-state index in [1.54, 1.807) is 47.6 Å². The van der Waals surface area contributed by atoms with Crippen molar-refractivity contribution in [2.75, 3.05) is 24.5 Å². The molecule has 0 radical (unpaired) electrons. The van der Waals surface area contributed by atoms with E-state index in [0.29, 0.717) is 54.0 Å². The van der Waals surface area contributed by atoms with Crippen LogP contribution >= 0.6 is 11.3 Å². The molecule has 210 valence electrons. The highest BCUT2D eigenvalue weighted by Crippen LogP contribution is 2.48. The molecular weight excluding hydrogens is 557 g/mol. The lowest BCUT2D eigenvalue weighted by atomic mass is 9.74. The first kappa shape index (κ1) is 26.0. The fourth-order valence-electron chi connectivity index (χ4n) is 6.15. The molecule has 3 aromatic carbocycles. The molecule has 42 heavy (non-hydrogen) atoms. The first-order chi connectivity index (χ1) is 20.3. The Labute approximate surface area is 243 Å². The number of carbonyl (C=O) groups is 2. The number of hydrogen-bond donors (Lipinski definition) is 1. The number of H-pyrrole nitrogens is 1. The number of carbonyl (C=O) groups excluding carboxylic acids is 2. The maximum Gasteiger partial charge on any atom is 0.270 e. The quantitative estimate of drug-likeness (QED) is 0.201. The molecule has 7 rings (SSSR count). The number of aromatic nitrogens is 2. The number of rotatable bonds is 4. The lowest BCUT2D eigenvalue weighted by Gasteiger charge is -2.40. The van der Waals surface area contributed by atoms with Crippen molar-refractivity contribution in [3.63, 3.8) is 0 Å². The number of nitrogens with one attached hydrogen (secondary N) is 1. The Kier molecular flexibility index (Phi) is 6.12. The second-order valence-corrected chi connectivity index (χ2v) is 11.8. The molecule has 0 atom stereocenters. The molecule has 2 amide bonds. The minimum absolute atomic E-state index is 0.0324. The Balaban J connectivity index is 1.12. The highest BCUT2D eigenvalue weighted by atomic mass is 32.1. The summed E-state index contributed by atoms with van der Waals surface area (Å²) < 4.78 is 15.3. The zero-order valence-corrected chi connectivity index (χ0v) is 23.1. The van der Waals surface area contributed by atoms with E-state index in [9.17, 15) is 24.1 Å². The van der Waals surface area contributed by atoms with Crippen LogP contribution in [0.25, 0.3) is 21.5 Å². The predicted molar refractivity (Wildman–Crippen MR) is 157 cm³/mol. The van der Waals surface area contributed by atoms with Gasteiger partial charge in [-0.3, -0.25) is 19.7 Å². The average molecular weight is 582 g/mol. The minimum Gasteiger partial charge on any atom is -0.345 e. The Morgan fingerprint density at radius 2 is 1.79 bits per heavy atom. The monoisotopic (exact) mass is 581 g/mol. The molecule has 2 aromatic heterocycles. The molecule has 1 saturated heterocycles. The number of nitro groups is 1. The van der Waals surface area contributed by atoms with Gasteiger partial charge in [-0.15, -0.1) is 11.3 Å². The summed E-state index contributed by atoms with van der Waals surface area (Å²) in [5.74, 6) is 0.0724. The normalized spacial score (nSPS) is 15.7. The molecular formula is C31H24FN5O4S. The molecule has 2 aliphatic rings. The molecule has 5 aromatic rings. The molecule has 11 heteroatoms. The number of imidazole rings is 1. The van der Waals surface area contributed by atoms with Crippen molar-refractivity contribution in [1.82, 2.24) is 14.9 Å². The molecule has 0 unspecified atom stereocenters. The SMILES string of the molecule is O=C(c1ccc(-c2ncc[nH]2)cc1)N1CCC2(CC1)CN(C(=O)c1cc3cc([N+](=O)[O-])ccc3s1)c1ccc(F)cc12. The summed E-state index contributed by atoms with van der Waals surface area (Å²) >= 11 is 1.28. The van der Waals surface area contributed by atoms with Crippen LogP contribution in [0.1, 0.15) is 38.4 Å². The molecule has 9 nitrogen and oxygen atoms in total. The number of nitrogens with zero attached hydrogens (tertiary/aromatic N) is 4. The van der Waals surface area contributed by atoms with Crippen LogP contribution in [0.5, 0.6) is 0 Å². The summed E-state index contributed by atoms with van der Waals surface area (Å²) in [5, 5.41) is 11.8. The molecule has 4 heterocycles. The van der Waals surface area contributed by atoms with Gasteiger partial charge in [-0.05, 0) is 60.9 Å². The van der Waals surface area contributed by atoms with Crippen molar-refractivity contribution >= 4 is 44.6 Å². The number of nitro benzene ring substituents is 1. The molecule has 2 aliphatic heterocycles. The van der Waals surface area contributed by atoms with Crippen molar-refractivity contribution in [3.8, 4) is 11.4 Å². The van der Waals surface area contributed by atoms with Gasteiger partial charge in [0.05, 0.1) is 9.80 Å². The van der Waals surface area contributed by atoms with E-state index >= 15 is 0 Å². The number of likely N-dealkylation sites (tertiary alicyclic amines) is 1. The van der Waals surface area contributed by atoms with Crippen molar-refractivity contribution in [2.45, 2.75) is 18.3 Å². The van der Waals surface area contributed by atoms with E-state index in [1.807, 2.05) is 17.0 Å². The van der Waals surface area contributed by atoms with Crippen LogP contribution in [0, 0.1) is 15.9 Å². The van der Waals surface area contributed by atoms with Crippen LogP contribution in [0.2, 0.25) is 0 Å². The maximum atomic E-state index is 14.5. The van der Waals surface area contributed by atoms with Crippen LogP contribution in [-0.4, -0.2) is 51.2 Å². The van der Waals surface area contributed by atoms with Gasteiger partial charge in [0.15, 0.2) is 0 Å². The molecule has 1 fully saturated rings. The molecule has 0 aliphatic carbocycles. The van der Waals surface area contributed by atoms with Crippen molar-refractivity contribution in [3.05, 3.63) is 111 Å². The lowest BCUT2D eigenvalue weighted by Crippen LogP contribution is -2.47. The number of piperidine rings is 1. The summed E-state index contributed by atoms with van der Waals surface area (Å²) in [6.07, 6.45) is 4.59. The lowest BCUT2D eigenvalue weighted by molar-refractivity contribution is -0.384. The fourth-order valence-corrected chi connectivity index (χ4v) is 7.14. The van der Waals surface area contributed by atoms with Crippen molar-refractivity contribution < 1.29 is 18.9 Å². The Bertz CT molecular complexity index is 1860. The summed E-state index contributed by atoms with van der Waals surface area (Å²) in [6.45, 7) is 1.32. The van der Waals surface area contributed by atoms with Gasteiger partial charge in [0.1, 0.15) is 11.6 Å². The van der Waals surface area contributed by atoms with Gasteiger partial charge in [-0.1, -0.05) is 12.1 Å². The van der Waals surface area contributed by atoms with Gasteiger partial charge in [0, 0.05) is 76.5 Å². The highest BCUT2D eigenvalue weighted by molar-refractivity contribution is 7.20. The summed E-state index contributed by atoms with van der Waals surface area (Å²) in [7, 11) is 0. The smallest absolute Gasteiger partial charge is 0.270 e. The Morgan fingerprint density at radius 3 is 2.50 bits per heavy atom. The summed E-state index contributed by atoms with van der Waals surface area (Å²) in [5.41, 5.74) is 2.40. The van der Waals surface area contributed by atoms with Gasteiger partial charge in [0.2, 0.25) is 0 Å². The molecule has 0 bridgehead atoms. The zero-order chi connectivity index (χ0) is 29.0. The molecule has 0 saturated carbocycles. The largest absolute Gasteiger partial charge is 0.345 e. The molecule has 1 spiro atoms. The number of thiophene rings is 1. The van der Waals surface area contributed by atoms with E-state index in [4.69, 9.17) is 0 Å². The second-order valence-electron chi connectivity index (χ2n) is 10.7. The van der Waals surface area contributed by atoms with Crippen LogP contribution in [0.4, 0.5) is 15.8 Å². The van der Waals surface area contributed by atoms with E-state index in [2.05, 4.69) is 9.97 Å². The third-order valence-electron chi connectivity index (χ3n) is 8.36. The van der Waals surface area contributed by atoms with Gasteiger partial charge in [0.25, 0.3) is 17.5 Å². The van der Waals surface area contributed by atoms with Crippen LogP contribution in [0.15, 0.2) is 79.1 Å². The maximum absolute atomic E-state index is 14.5. The van der Waals surface area contributed by atoms with Crippen LogP contribution in [0.3, 0.4) is 0 Å².